The summed E-state index contributed by atoms with van der Waals surface area (Å²) in [6.45, 7) is 4.05. The number of rotatable bonds is 6. The monoisotopic (exact) mass is 340 g/mol. The molecule has 1 fully saturated rings. The average molecular weight is 340 g/mol. The molecule has 1 N–H and O–H groups in total. The molecule has 0 spiro atoms. The summed E-state index contributed by atoms with van der Waals surface area (Å²) in [5.74, 6) is -0.0764. The highest BCUT2D eigenvalue weighted by molar-refractivity contribution is 5.70. The SMILES string of the molecule is CCOc1ccccc1C(c1ccccn1)N1CCC(C(=O)O)CC1. The summed E-state index contributed by atoms with van der Waals surface area (Å²) < 4.78 is 5.84. The van der Waals surface area contributed by atoms with Gasteiger partial charge in [-0.05, 0) is 51.1 Å². The molecular formula is C20H24N2O3. The molecule has 0 aliphatic carbocycles. The average Bonchev–Trinajstić information content (AvgIpc) is 2.65. The van der Waals surface area contributed by atoms with Crippen LogP contribution in [0.2, 0.25) is 0 Å². The molecule has 2 aromatic rings. The number of hydrogen-bond donors (Lipinski definition) is 1. The van der Waals surface area contributed by atoms with Crippen molar-refractivity contribution >= 4 is 5.97 Å². The van der Waals surface area contributed by atoms with Crippen molar-refractivity contribution in [3.8, 4) is 5.75 Å². The van der Waals surface area contributed by atoms with Crippen LogP contribution in [0.15, 0.2) is 48.7 Å². The fourth-order valence-corrected chi connectivity index (χ4v) is 3.48. The molecule has 2 heterocycles. The number of carbonyl (C=O) groups is 1. The fourth-order valence-electron chi connectivity index (χ4n) is 3.48. The molecule has 25 heavy (non-hydrogen) atoms. The Hall–Kier alpha value is -2.40. The predicted molar refractivity (Wildman–Crippen MR) is 95.6 cm³/mol. The molecule has 132 valence electrons. The second kappa shape index (κ2) is 8.12. The summed E-state index contributed by atoms with van der Waals surface area (Å²) in [7, 11) is 0. The second-order valence-corrected chi connectivity index (χ2v) is 6.28. The largest absolute Gasteiger partial charge is 0.494 e. The summed E-state index contributed by atoms with van der Waals surface area (Å²) in [4.78, 5) is 18.2. The van der Waals surface area contributed by atoms with Gasteiger partial charge in [-0.1, -0.05) is 24.3 Å². The number of aliphatic carboxylic acids is 1. The van der Waals surface area contributed by atoms with Crippen LogP contribution >= 0.6 is 0 Å². The van der Waals surface area contributed by atoms with Gasteiger partial charge in [-0.25, -0.2) is 0 Å². The molecule has 1 atom stereocenters. The second-order valence-electron chi connectivity index (χ2n) is 6.28. The van der Waals surface area contributed by atoms with Crippen LogP contribution in [0.4, 0.5) is 0 Å². The number of para-hydroxylation sites is 1. The first-order valence-electron chi connectivity index (χ1n) is 8.80. The van der Waals surface area contributed by atoms with Gasteiger partial charge in [-0.3, -0.25) is 14.7 Å². The van der Waals surface area contributed by atoms with E-state index in [1.165, 1.54) is 0 Å². The van der Waals surface area contributed by atoms with Crippen LogP contribution in [0.3, 0.4) is 0 Å². The number of benzene rings is 1. The molecule has 5 heteroatoms. The number of likely N-dealkylation sites (tertiary alicyclic amines) is 1. The Bertz CT molecular complexity index is 697. The molecule has 1 unspecified atom stereocenters. The number of aromatic nitrogens is 1. The van der Waals surface area contributed by atoms with Gasteiger partial charge in [0.1, 0.15) is 5.75 Å². The molecular weight excluding hydrogens is 316 g/mol. The lowest BCUT2D eigenvalue weighted by Gasteiger charge is -2.37. The Morgan fingerprint density at radius 1 is 1.24 bits per heavy atom. The number of nitrogens with zero attached hydrogens (tertiary/aromatic N) is 2. The minimum atomic E-state index is -0.691. The maximum atomic E-state index is 11.3. The Labute approximate surface area is 148 Å². The topological polar surface area (TPSA) is 62.7 Å². The zero-order chi connectivity index (χ0) is 17.6. The van der Waals surface area contributed by atoms with Gasteiger partial charge >= 0.3 is 5.97 Å². The molecule has 0 radical (unpaired) electrons. The van der Waals surface area contributed by atoms with E-state index in [1.54, 1.807) is 6.20 Å². The molecule has 0 bridgehead atoms. The van der Waals surface area contributed by atoms with Gasteiger partial charge in [-0.15, -0.1) is 0 Å². The van der Waals surface area contributed by atoms with Crippen LogP contribution in [0, 0.1) is 5.92 Å². The Balaban J connectivity index is 1.94. The van der Waals surface area contributed by atoms with Gasteiger partial charge < -0.3 is 9.84 Å². The first-order valence-corrected chi connectivity index (χ1v) is 8.80. The van der Waals surface area contributed by atoms with Crippen LogP contribution in [0.25, 0.3) is 0 Å². The van der Waals surface area contributed by atoms with Crippen LogP contribution < -0.4 is 4.74 Å². The van der Waals surface area contributed by atoms with Crippen LogP contribution in [0.5, 0.6) is 5.75 Å². The summed E-state index contributed by atoms with van der Waals surface area (Å²) in [6, 6.07) is 13.9. The maximum absolute atomic E-state index is 11.3. The fraction of sp³-hybridized carbons (Fsp3) is 0.400. The lowest BCUT2D eigenvalue weighted by Crippen LogP contribution is -2.39. The van der Waals surface area contributed by atoms with Crippen molar-refractivity contribution in [3.05, 3.63) is 59.9 Å². The first kappa shape index (κ1) is 17.4. The van der Waals surface area contributed by atoms with Crippen LogP contribution in [0.1, 0.15) is 37.1 Å². The van der Waals surface area contributed by atoms with Gasteiger partial charge in [-0.2, -0.15) is 0 Å². The summed E-state index contributed by atoms with van der Waals surface area (Å²) in [6.07, 6.45) is 3.13. The lowest BCUT2D eigenvalue weighted by atomic mass is 9.92. The molecule has 0 saturated carbocycles. The zero-order valence-electron chi connectivity index (χ0n) is 14.5. The third-order valence-electron chi connectivity index (χ3n) is 4.73. The van der Waals surface area contributed by atoms with Crippen molar-refractivity contribution in [1.82, 2.24) is 9.88 Å². The maximum Gasteiger partial charge on any atom is 0.306 e. The van der Waals surface area contributed by atoms with E-state index >= 15 is 0 Å². The van der Waals surface area contributed by atoms with E-state index in [0.29, 0.717) is 19.4 Å². The van der Waals surface area contributed by atoms with Crippen molar-refractivity contribution in [3.63, 3.8) is 0 Å². The Morgan fingerprint density at radius 3 is 2.60 bits per heavy atom. The lowest BCUT2D eigenvalue weighted by molar-refractivity contribution is -0.143. The predicted octanol–water partition coefficient (Wildman–Crippen LogP) is 3.37. The minimum absolute atomic E-state index is 0.0290. The molecule has 1 aliphatic heterocycles. The minimum Gasteiger partial charge on any atom is -0.494 e. The molecule has 0 amide bonds. The number of pyridine rings is 1. The Morgan fingerprint density at radius 2 is 1.96 bits per heavy atom. The van der Waals surface area contributed by atoms with Gasteiger partial charge in [0.15, 0.2) is 0 Å². The molecule has 1 aromatic heterocycles. The number of carboxylic acid groups (broad SMARTS) is 1. The Kier molecular flexibility index (Phi) is 5.66. The smallest absolute Gasteiger partial charge is 0.306 e. The molecule has 1 aliphatic rings. The van der Waals surface area contributed by atoms with E-state index < -0.39 is 5.97 Å². The van der Waals surface area contributed by atoms with Crippen LogP contribution in [-0.2, 0) is 4.79 Å². The molecule has 1 aromatic carbocycles. The highest BCUT2D eigenvalue weighted by Gasteiger charge is 2.32. The van der Waals surface area contributed by atoms with E-state index in [9.17, 15) is 9.90 Å². The normalized spacial score (nSPS) is 17.2. The van der Waals surface area contributed by atoms with E-state index in [0.717, 1.165) is 30.1 Å². The number of hydrogen-bond acceptors (Lipinski definition) is 4. The van der Waals surface area contributed by atoms with E-state index in [2.05, 4.69) is 16.0 Å². The van der Waals surface area contributed by atoms with Crippen molar-refractivity contribution in [2.75, 3.05) is 19.7 Å². The van der Waals surface area contributed by atoms with E-state index in [4.69, 9.17) is 4.74 Å². The number of carboxylic acids is 1. The number of ether oxygens (including phenoxy) is 1. The van der Waals surface area contributed by atoms with Crippen molar-refractivity contribution in [1.29, 1.82) is 0 Å². The first-order chi connectivity index (χ1) is 12.2. The highest BCUT2D eigenvalue weighted by atomic mass is 16.5. The summed E-state index contributed by atoms with van der Waals surface area (Å²) >= 11 is 0. The van der Waals surface area contributed by atoms with Gasteiger partial charge in [0, 0.05) is 11.8 Å². The zero-order valence-corrected chi connectivity index (χ0v) is 14.5. The van der Waals surface area contributed by atoms with E-state index in [1.807, 2.05) is 43.3 Å². The van der Waals surface area contributed by atoms with Crippen molar-refractivity contribution < 1.29 is 14.6 Å². The van der Waals surface area contributed by atoms with Crippen LogP contribution in [-0.4, -0.2) is 40.7 Å². The molecule has 1 saturated heterocycles. The molecule has 3 rings (SSSR count). The standard InChI is InChI=1S/C20H24N2O3/c1-2-25-18-9-4-3-7-16(18)19(17-8-5-6-12-21-17)22-13-10-15(11-14-22)20(23)24/h3-9,12,15,19H,2,10-11,13-14H2,1H3,(H,23,24). The molecule has 5 nitrogen and oxygen atoms in total. The summed E-state index contributed by atoms with van der Waals surface area (Å²) in [5.41, 5.74) is 2.04. The third kappa shape index (κ3) is 3.99. The van der Waals surface area contributed by atoms with Gasteiger partial charge in [0.05, 0.1) is 24.3 Å². The summed E-state index contributed by atoms with van der Waals surface area (Å²) in [5, 5.41) is 9.26. The highest BCUT2D eigenvalue weighted by Crippen LogP contribution is 2.36. The van der Waals surface area contributed by atoms with Crippen molar-refractivity contribution in [2.24, 2.45) is 5.92 Å². The number of piperidine rings is 1. The quantitative estimate of drug-likeness (QED) is 0.873. The van der Waals surface area contributed by atoms with Crippen molar-refractivity contribution in [2.45, 2.75) is 25.8 Å². The third-order valence-corrected chi connectivity index (χ3v) is 4.73. The van der Waals surface area contributed by atoms with E-state index in [-0.39, 0.29) is 12.0 Å². The van der Waals surface area contributed by atoms with Gasteiger partial charge in [0.25, 0.3) is 0 Å². The van der Waals surface area contributed by atoms with Gasteiger partial charge in [0.2, 0.25) is 0 Å².